The first-order valence-corrected chi connectivity index (χ1v) is 8.13. The summed E-state index contributed by atoms with van der Waals surface area (Å²) < 4.78 is 5.65. The van der Waals surface area contributed by atoms with Crippen molar-refractivity contribution in [2.45, 2.75) is 13.8 Å². The molecule has 1 fully saturated rings. The standard InChI is InChI=1S/C18H22N4O2/c1-14-5-3-4-6-16(14)24-12-18(23)22-9-7-21(8-10-22)17-11-15(2)19-13-20-17/h3-6,11,13H,7-10,12H2,1-2H3. The summed E-state index contributed by atoms with van der Waals surface area (Å²) in [4.78, 5) is 24.8. The molecule has 1 aliphatic heterocycles. The molecule has 0 aliphatic carbocycles. The van der Waals surface area contributed by atoms with Gasteiger partial charge in [-0.05, 0) is 25.5 Å². The molecule has 2 heterocycles. The number of amides is 1. The van der Waals surface area contributed by atoms with Crippen LogP contribution in [0.15, 0.2) is 36.7 Å². The first-order chi connectivity index (χ1) is 11.6. The Labute approximate surface area is 142 Å². The molecule has 6 heteroatoms. The van der Waals surface area contributed by atoms with Gasteiger partial charge in [0.1, 0.15) is 17.9 Å². The van der Waals surface area contributed by atoms with Gasteiger partial charge in [0.2, 0.25) is 0 Å². The van der Waals surface area contributed by atoms with Gasteiger partial charge in [-0.1, -0.05) is 18.2 Å². The summed E-state index contributed by atoms with van der Waals surface area (Å²) in [7, 11) is 0. The summed E-state index contributed by atoms with van der Waals surface area (Å²) in [6, 6.07) is 9.70. The number of piperazine rings is 1. The summed E-state index contributed by atoms with van der Waals surface area (Å²) in [6.07, 6.45) is 1.58. The summed E-state index contributed by atoms with van der Waals surface area (Å²) in [5, 5.41) is 0. The van der Waals surface area contributed by atoms with Crippen LogP contribution < -0.4 is 9.64 Å². The Bertz CT molecular complexity index is 712. The van der Waals surface area contributed by atoms with Gasteiger partial charge < -0.3 is 14.5 Å². The number of rotatable bonds is 4. The lowest BCUT2D eigenvalue weighted by Gasteiger charge is -2.35. The average molecular weight is 326 g/mol. The molecule has 0 atom stereocenters. The van der Waals surface area contributed by atoms with Crippen LogP contribution in [0.2, 0.25) is 0 Å². The SMILES string of the molecule is Cc1cc(N2CCN(C(=O)COc3ccccc3C)CC2)ncn1. The Balaban J connectivity index is 1.51. The van der Waals surface area contributed by atoms with Gasteiger partial charge in [0.25, 0.3) is 5.91 Å². The van der Waals surface area contributed by atoms with Crippen molar-refractivity contribution in [1.29, 1.82) is 0 Å². The molecule has 1 aromatic carbocycles. The number of aromatic nitrogens is 2. The molecule has 1 saturated heterocycles. The molecule has 6 nitrogen and oxygen atoms in total. The topological polar surface area (TPSA) is 58.6 Å². The average Bonchev–Trinajstić information content (AvgIpc) is 2.61. The second-order valence-corrected chi connectivity index (χ2v) is 5.94. The molecule has 0 saturated carbocycles. The molecule has 0 spiro atoms. The van der Waals surface area contributed by atoms with Crippen LogP contribution in [-0.4, -0.2) is 53.6 Å². The predicted molar refractivity (Wildman–Crippen MR) is 92.2 cm³/mol. The van der Waals surface area contributed by atoms with Crippen molar-refractivity contribution in [3.8, 4) is 5.75 Å². The molecule has 3 rings (SSSR count). The first-order valence-electron chi connectivity index (χ1n) is 8.13. The van der Waals surface area contributed by atoms with Gasteiger partial charge in [-0.15, -0.1) is 0 Å². The van der Waals surface area contributed by atoms with Gasteiger partial charge in [0.05, 0.1) is 0 Å². The van der Waals surface area contributed by atoms with Crippen molar-refractivity contribution in [3.05, 3.63) is 47.9 Å². The summed E-state index contributed by atoms with van der Waals surface area (Å²) in [6.45, 7) is 6.91. The van der Waals surface area contributed by atoms with Gasteiger partial charge >= 0.3 is 0 Å². The maximum Gasteiger partial charge on any atom is 0.260 e. The molecule has 0 radical (unpaired) electrons. The zero-order valence-electron chi connectivity index (χ0n) is 14.1. The number of hydrogen-bond acceptors (Lipinski definition) is 5. The minimum atomic E-state index is 0.0248. The minimum absolute atomic E-state index is 0.0248. The van der Waals surface area contributed by atoms with Gasteiger partial charge in [-0.2, -0.15) is 0 Å². The molecule has 126 valence electrons. The third kappa shape index (κ3) is 3.82. The molecule has 24 heavy (non-hydrogen) atoms. The lowest BCUT2D eigenvalue weighted by atomic mass is 10.2. The fraction of sp³-hybridized carbons (Fsp3) is 0.389. The van der Waals surface area contributed by atoms with E-state index >= 15 is 0 Å². The van der Waals surface area contributed by atoms with E-state index in [1.54, 1.807) is 6.33 Å². The highest BCUT2D eigenvalue weighted by atomic mass is 16.5. The smallest absolute Gasteiger partial charge is 0.260 e. The van der Waals surface area contributed by atoms with Crippen molar-refractivity contribution in [3.63, 3.8) is 0 Å². The van der Waals surface area contributed by atoms with Crippen LogP contribution >= 0.6 is 0 Å². The van der Waals surface area contributed by atoms with Gasteiger partial charge in [-0.25, -0.2) is 9.97 Å². The second-order valence-electron chi connectivity index (χ2n) is 5.94. The summed E-state index contributed by atoms with van der Waals surface area (Å²) in [5.41, 5.74) is 1.99. The molecule has 0 bridgehead atoms. The third-order valence-corrected chi connectivity index (χ3v) is 4.19. The zero-order valence-corrected chi connectivity index (χ0v) is 14.1. The number of para-hydroxylation sites is 1. The van der Waals surface area contributed by atoms with E-state index < -0.39 is 0 Å². The van der Waals surface area contributed by atoms with Crippen LogP contribution in [0, 0.1) is 13.8 Å². The third-order valence-electron chi connectivity index (χ3n) is 4.19. The minimum Gasteiger partial charge on any atom is -0.484 e. The lowest BCUT2D eigenvalue weighted by molar-refractivity contribution is -0.133. The molecule has 1 aromatic heterocycles. The Hall–Kier alpha value is -2.63. The van der Waals surface area contributed by atoms with Gasteiger partial charge in [-0.3, -0.25) is 4.79 Å². The van der Waals surface area contributed by atoms with E-state index in [9.17, 15) is 4.79 Å². The Kier molecular flexibility index (Phi) is 4.93. The highest BCUT2D eigenvalue weighted by molar-refractivity contribution is 5.78. The normalized spacial score (nSPS) is 14.6. The number of ether oxygens (including phenoxy) is 1. The fourth-order valence-electron chi connectivity index (χ4n) is 2.75. The molecule has 2 aromatic rings. The van der Waals surface area contributed by atoms with Crippen LogP contribution in [0.25, 0.3) is 0 Å². The van der Waals surface area contributed by atoms with E-state index in [0.717, 1.165) is 35.9 Å². The number of anilines is 1. The number of carbonyl (C=O) groups excluding carboxylic acids is 1. The van der Waals surface area contributed by atoms with E-state index in [4.69, 9.17) is 4.74 Å². The van der Waals surface area contributed by atoms with E-state index in [2.05, 4.69) is 14.9 Å². The number of carbonyl (C=O) groups is 1. The van der Waals surface area contributed by atoms with Crippen LogP contribution in [0.3, 0.4) is 0 Å². The van der Waals surface area contributed by atoms with Crippen LogP contribution in [0.4, 0.5) is 5.82 Å². The number of benzene rings is 1. The van der Waals surface area contributed by atoms with Crippen LogP contribution in [0.1, 0.15) is 11.3 Å². The van der Waals surface area contributed by atoms with Crippen molar-refractivity contribution in [2.75, 3.05) is 37.7 Å². The maximum absolute atomic E-state index is 12.3. The Morgan fingerprint density at radius 3 is 2.58 bits per heavy atom. The monoisotopic (exact) mass is 326 g/mol. The number of nitrogens with zero attached hydrogens (tertiary/aromatic N) is 4. The predicted octanol–water partition coefficient (Wildman–Crippen LogP) is 1.82. The van der Waals surface area contributed by atoms with Gasteiger partial charge in [0.15, 0.2) is 6.61 Å². The van der Waals surface area contributed by atoms with E-state index in [1.807, 2.05) is 49.1 Å². The number of aryl methyl sites for hydroxylation is 2. The molecular formula is C18H22N4O2. The Morgan fingerprint density at radius 2 is 1.88 bits per heavy atom. The van der Waals surface area contributed by atoms with Crippen molar-refractivity contribution < 1.29 is 9.53 Å². The quantitative estimate of drug-likeness (QED) is 0.858. The zero-order chi connectivity index (χ0) is 16.9. The lowest BCUT2D eigenvalue weighted by Crippen LogP contribution is -2.50. The van der Waals surface area contributed by atoms with E-state index in [-0.39, 0.29) is 12.5 Å². The Morgan fingerprint density at radius 1 is 1.12 bits per heavy atom. The fourth-order valence-corrected chi connectivity index (χ4v) is 2.75. The highest BCUT2D eigenvalue weighted by Crippen LogP contribution is 2.17. The molecule has 1 amide bonds. The molecule has 0 N–H and O–H groups in total. The van der Waals surface area contributed by atoms with Crippen molar-refractivity contribution >= 4 is 11.7 Å². The van der Waals surface area contributed by atoms with Gasteiger partial charge in [0, 0.05) is 37.9 Å². The van der Waals surface area contributed by atoms with Crippen molar-refractivity contribution in [2.24, 2.45) is 0 Å². The maximum atomic E-state index is 12.3. The largest absolute Gasteiger partial charge is 0.484 e. The van der Waals surface area contributed by atoms with Crippen molar-refractivity contribution in [1.82, 2.24) is 14.9 Å². The van der Waals surface area contributed by atoms with Crippen LogP contribution in [-0.2, 0) is 4.79 Å². The van der Waals surface area contributed by atoms with E-state index in [1.165, 1.54) is 0 Å². The number of hydrogen-bond donors (Lipinski definition) is 0. The summed E-state index contributed by atoms with van der Waals surface area (Å²) in [5.74, 6) is 1.71. The molecular weight excluding hydrogens is 304 g/mol. The van der Waals surface area contributed by atoms with Crippen LogP contribution in [0.5, 0.6) is 5.75 Å². The second kappa shape index (κ2) is 7.29. The van der Waals surface area contributed by atoms with E-state index in [0.29, 0.717) is 13.1 Å². The highest BCUT2D eigenvalue weighted by Gasteiger charge is 2.22. The molecule has 1 aliphatic rings. The molecule has 0 unspecified atom stereocenters. The first kappa shape index (κ1) is 16.2. The summed E-state index contributed by atoms with van der Waals surface area (Å²) >= 11 is 0.